The van der Waals surface area contributed by atoms with E-state index in [9.17, 15) is 43.2 Å². The molecule has 0 aliphatic heterocycles. The molecule has 3 rings (SSSR count). The van der Waals surface area contributed by atoms with Crippen molar-refractivity contribution in [3.05, 3.63) is 35.7 Å². The van der Waals surface area contributed by atoms with Crippen LogP contribution < -0.4 is 8.37 Å². The fourth-order valence-electron chi connectivity index (χ4n) is 3.23. The number of hydrogen-bond acceptors (Lipinski definition) is 10. The van der Waals surface area contributed by atoms with E-state index in [4.69, 9.17) is 0 Å². The third-order valence-corrected chi connectivity index (χ3v) is 6.70. The molecule has 0 unspecified atom stereocenters. The molecule has 188 valence electrons. The monoisotopic (exact) mass is 536 g/mol. The summed E-state index contributed by atoms with van der Waals surface area (Å²) in [6.45, 7) is 0. The summed E-state index contributed by atoms with van der Waals surface area (Å²) in [5.74, 6) is -2.21. The van der Waals surface area contributed by atoms with Gasteiger partial charge < -0.3 is 8.37 Å². The minimum absolute atomic E-state index is 0.247. The van der Waals surface area contributed by atoms with Crippen LogP contribution in [0.25, 0.3) is 0 Å². The number of halogens is 6. The average Bonchev–Trinajstić information content (AvgIpc) is 2.73. The van der Waals surface area contributed by atoms with E-state index < -0.39 is 43.0 Å². The van der Waals surface area contributed by atoms with E-state index >= 15 is 0 Å². The molecule has 2 aromatic rings. The van der Waals surface area contributed by atoms with Crippen LogP contribution in [0.2, 0.25) is 0 Å². The quantitative estimate of drug-likeness (QED) is 0.307. The van der Waals surface area contributed by atoms with E-state index in [2.05, 4.69) is 28.8 Å². The van der Waals surface area contributed by atoms with Gasteiger partial charge in [-0.1, -0.05) is 6.42 Å². The third kappa shape index (κ3) is 5.83. The summed E-state index contributed by atoms with van der Waals surface area (Å²) in [5, 5.41) is 14.2. The highest BCUT2D eigenvalue weighted by Crippen LogP contribution is 2.40. The summed E-state index contributed by atoms with van der Waals surface area (Å²) < 4.78 is 126. The van der Waals surface area contributed by atoms with Crippen molar-refractivity contribution < 1.29 is 51.5 Å². The van der Waals surface area contributed by atoms with Crippen LogP contribution in [0.15, 0.2) is 24.3 Å². The Bertz CT molecular complexity index is 1120. The molecule has 2 aromatic heterocycles. The molecular weight excluding hydrogens is 522 g/mol. The van der Waals surface area contributed by atoms with Crippen LogP contribution in [-0.2, 0) is 20.2 Å². The zero-order chi connectivity index (χ0) is 25.4. The molecule has 18 heteroatoms. The molecule has 0 bridgehead atoms. The van der Waals surface area contributed by atoms with Gasteiger partial charge in [0.15, 0.2) is 0 Å². The number of hydrogen-bond donors (Lipinski definition) is 0. The summed E-state index contributed by atoms with van der Waals surface area (Å²) in [6.07, 6.45) is 2.29. The molecule has 1 aliphatic carbocycles. The van der Waals surface area contributed by atoms with Crippen molar-refractivity contribution in [2.45, 2.75) is 48.5 Å². The van der Waals surface area contributed by atoms with E-state index in [1.54, 1.807) is 0 Å². The summed E-state index contributed by atoms with van der Waals surface area (Å²) in [6, 6.07) is 4.41. The lowest BCUT2D eigenvalue weighted by atomic mass is 9.78. The van der Waals surface area contributed by atoms with Crippen LogP contribution in [0.1, 0.15) is 48.9 Å². The zero-order valence-electron chi connectivity index (χ0n) is 16.6. The second-order valence-corrected chi connectivity index (χ2v) is 10.2. The molecule has 1 aliphatic rings. The molecule has 0 radical (unpaired) electrons. The number of nitrogens with zero attached hydrogens (tertiary/aromatic N) is 4. The topological polar surface area (TPSA) is 138 Å². The Balaban J connectivity index is 1.67. The van der Waals surface area contributed by atoms with E-state index in [-0.39, 0.29) is 11.8 Å². The molecule has 0 amide bonds. The predicted molar refractivity (Wildman–Crippen MR) is 99.2 cm³/mol. The number of aromatic nitrogens is 4. The summed E-state index contributed by atoms with van der Waals surface area (Å²) in [7, 11) is -11.8. The molecule has 10 nitrogen and oxygen atoms in total. The molecule has 1 saturated carbocycles. The first kappa shape index (κ1) is 25.9. The van der Waals surface area contributed by atoms with Crippen LogP contribution >= 0.6 is 0 Å². The Kier molecular flexibility index (Phi) is 6.94. The van der Waals surface area contributed by atoms with Crippen LogP contribution in [0.4, 0.5) is 26.3 Å². The van der Waals surface area contributed by atoms with Crippen molar-refractivity contribution in [2.75, 3.05) is 0 Å². The fraction of sp³-hybridized carbons (Fsp3) is 0.500. The molecular formula is C16H14F6N4O6S2. The summed E-state index contributed by atoms with van der Waals surface area (Å²) in [4.78, 5) is 0. The molecule has 0 aromatic carbocycles. The average molecular weight is 536 g/mol. The first-order chi connectivity index (χ1) is 15.6. The summed E-state index contributed by atoms with van der Waals surface area (Å²) in [5.41, 5.74) is -10.5. The van der Waals surface area contributed by atoms with E-state index in [0.717, 1.165) is 12.1 Å². The van der Waals surface area contributed by atoms with Gasteiger partial charge in [-0.3, -0.25) is 0 Å². The van der Waals surface area contributed by atoms with Gasteiger partial charge in [-0.25, -0.2) is 0 Å². The van der Waals surface area contributed by atoms with Crippen molar-refractivity contribution in [3.63, 3.8) is 0 Å². The molecule has 34 heavy (non-hydrogen) atoms. The lowest BCUT2D eigenvalue weighted by Crippen LogP contribution is -2.28. The van der Waals surface area contributed by atoms with Crippen molar-refractivity contribution in [1.82, 2.24) is 20.4 Å². The number of alkyl halides is 6. The first-order valence-electron chi connectivity index (χ1n) is 9.28. The maximum Gasteiger partial charge on any atom is 0.534 e. The summed E-state index contributed by atoms with van der Waals surface area (Å²) >= 11 is 0. The smallest absolute Gasteiger partial charge is 0.354 e. The van der Waals surface area contributed by atoms with Crippen LogP contribution in [0, 0.1) is 0 Å². The number of rotatable bonds is 6. The van der Waals surface area contributed by atoms with Gasteiger partial charge in [-0.15, -0.1) is 10.2 Å². The Morgan fingerprint density at radius 3 is 1.35 bits per heavy atom. The van der Waals surface area contributed by atoms with Crippen LogP contribution in [-0.4, -0.2) is 48.2 Å². The largest absolute Gasteiger partial charge is 0.534 e. The van der Waals surface area contributed by atoms with E-state index in [1.807, 2.05) is 0 Å². The SMILES string of the molecule is O=S(=O)(Oc1ccc([C@H]2CCC[C@H](c3ccc(OS(=O)(=O)C(F)(F)F)nn3)C2)nn1)C(F)(F)F. The first-order valence-corrected chi connectivity index (χ1v) is 12.1. The molecule has 0 N–H and O–H groups in total. The van der Waals surface area contributed by atoms with Crippen LogP contribution in [0.5, 0.6) is 11.8 Å². The minimum Gasteiger partial charge on any atom is -0.354 e. The second-order valence-electron chi connectivity index (χ2n) is 7.12. The van der Waals surface area contributed by atoms with Gasteiger partial charge in [-0.2, -0.15) is 53.4 Å². The second kappa shape index (κ2) is 9.12. The Morgan fingerprint density at radius 1 is 0.676 bits per heavy atom. The van der Waals surface area contributed by atoms with Crippen molar-refractivity contribution >= 4 is 20.2 Å². The van der Waals surface area contributed by atoms with Gasteiger partial charge in [0.25, 0.3) is 11.8 Å². The van der Waals surface area contributed by atoms with Crippen LogP contribution in [0.3, 0.4) is 0 Å². The standard InChI is InChI=1S/C16H14F6N4O6S2/c17-15(18,19)33(27,28)31-13-6-4-11(23-25-13)9-2-1-3-10(8-9)12-5-7-14(26-24-12)32-34(29,30)16(20,21)22/h4-7,9-10H,1-3,8H2/t9-,10-/m0/s1. The van der Waals surface area contributed by atoms with E-state index in [1.165, 1.54) is 12.1 Å². The highest BCUT2D eigenvalue weighted by atomic mass is 32.2. The molecule has 2 atom stereocenters. The lowest BCUT2D eigenvalue weighted by molar-refractivity contribution is -0.0506. The van der Waals surface area contributed by atoms with Gasteiger partial charge in [0, 0.05) is 24.0 Å². The molecule has 1 fully saturated rings. The van der Waals surface area contributed by atoms with Gasteiger partial charge in [-0.05, 0) is 31.4 Å². The van der Waals surface area contributed by atoms with E-state index in [0.29, 0.717) is 37.1 Å². The van der Waals surface area contributed by atoms with Crippen molar-refractivity contribution in [1.29, 1.82) is 0 Å². The predicted octanol–water partition coefficient (Wildman–Crippen LogP) is 3.16. The van der Waals surface area contributed by atoms with Gasteiger partial charge >= 0.3 is 31.3 Å². The highest BCUT2D eigenvalue weighted by Gasteiger charge is 2.49. The zero-order valence-corrected chi connectivity index (χ0v) is 18.2. The highest BCUT2D eigenvalue weighted by molar-refractivity contribution is 7.88. The lowest BCUT2D eigenvalue weighted by Gasteiger charge is -2.28. The van der Waals surface area contributed by atoms with Gasteiger partial charge in [0.1, 0.15) is 0 Å². The normalized spacial score (nSPS) is 20.1. The van der Waals surface area contributed by atoms with Gasteiger partial charge in [0.2, 0.25) is 0 Å². The minimum atomic E-state index is -5.88. The Hall–Kier alpha value is -2.76. The Morgan fingerprint density at radius 2 is 1.06 bits per heavy atom. The van der Waals surface area contributed by atoms with Gasteiger partial charge in [0.05, 0.1) is 11.4 Å². The maximum atomic E-state index is 12.4. The molecule has 0 spiro atoms. The van der Waals surface area contributed by atoms with Crippen molar-refractivity contribution in [3.8, 4) is 11.8 Å². The molecule has 0 saturated heterocycles. The van der Waals surface area contributed by atoms with Crippen molar-refractivity contribution in [2.24, 2.45) is 0 Å². The Labute approximate surface area is 188 Å². The fourth-order valence-corrected chi connectivity index (χ4v) is 4.05. The third-order valence-electron chi connectivity index (χ3n) is 4.79. The maximum absolute atomic E-state index is 12.4. The molecule has 2 heterocycles.